The molecule has 8 unspecified atom stereocenters. The number of carboxylic acid groups (broad SMARTS) is 4. The minimum absolute atomic E-state index is 0. The maximum Gasteiger partial charge on any atom is 0.394 e. The molecule has 1 aliphatic heterocycles. The molecule has 0 spiro atoms. The van der Waals surface area contributed by atoms with E-state index in [1.54, 1.807) is 0 Å². The second-order valence-corrected chi connectivity index (χ2v) is 12.4. The summed E-state index contributed by atoms with van der Waals surface area (Å²) in [6, 6.07) is -3.27. The molecule has 28 heteroatoms. The second-order valence-electron chi connectivity index (χ2n) is 10.5. The molecule has 0 aromatic heterocycles. The topological polar surface area (TPSA) is 471 Å². The highest BCUT2D eigenvalue weighted by atomic mass is 32.2. The Morgan fingerprint density at radius 3 is 1.66 bits per heavy atom. The van der Waals surface area contributed by atoms with Gasteiger partial charge in [0.2, 0.25) is 5.91 Å². The van der Waals surface area contributed by atoms with Gasteiger partial charge >= 0.3 is 29.8 Å². The largest absolute Gasteiger partial charge is 0.480 e. The molecular formula is C28H57N5O20S3. The number of aliphatic carboxylic acids is 4. The van der Waals surface area contributed by atoms with E-state index in [0.29, 0.717) is 0 Å². The number of aldehydes is 1. The Kier molecular flexibility index (Phi) is 40.5. The van der Waals surface area contributed by atoms with Gasteiger partial charge in [0.25, 0.3) is 0 Å². The van der Waals surface area contributed by atoms with Gasteiger partial charge in [0.15, 0.2) is 6.29 Å². The third kappa shape index (κ3) is 29.3. The number of aliphatic hydroxyl groups excluding tert-OH is 9. The average molecular weight is 880 g/mol. The van der Waals surface area contributed by atoms with Gasteiger partial charge in [0.05, 0.1) is 24.6 Å². The fourth-order valence-electron chi connectivity index (χ4n) is 3.01. The molecule has 0 saturated carbocycles. The molecule has 0 aromatic rings. The Morgan fingerprint density at radius 2 is 1.32 bits per heavy atom. The summed E-state index contributed by atoms with van der Waals surface area (Å²) in [5.74, 6) is -5.84. The monoisotopic (exact) mass is 879 g/mol. The number of thiol groups is 2. The maximum atomic E-state index is 11.5. The summed E-state index contributed by atoms with van der Waals surface area (Å²) in [5.41, 5.74) is 10.2. The van der Waals surface area contributed by atoms with Crippen LogP contribution in [0.1, 0.15) is 20.3 Å². The molecular weight excluding hydrogens is 823 g/mol. The summed E-state index contributed by atoms with van der Waals surface area (Å²) in [6.07, 6.45) is -9.04. The zero-order chi connectivity index (χ0) is 44.0. The van der Waals surface area contributed by atoms with Crippen molar-refractivity contribution < 1.29 is 99.9 Å². The average Bonchev–Trinajstić information content (AvgIpc) is 3.68. The van der Waals surface area contributed by atoms with E-state index in [1.807, 2.05) is 0 Å². The molecule has 20 N–H and O–H groups in total. The van der Waals surface area contributed by atoms with Crippen LogP contribution in [0.25, 0.3) is 0 Å². The highest BCUT2D eigenvalue weighted by molar-refractivity contribution is 8.00. The zero-order valence-corrected chi connectivity index (χ0v) is 31.8. The molecule has 1 rings (SSSR count). The van der Waals surface area contributed by atoms with Crippen molar-refractivity contribution in [3.63, 3.8) is 0 Å². The van der Waals surface area contributed by atoms with Gasteiger partial charge in [-0.3, -0.25) is 29.3 Å². The third-order valence-corrected chi connectivity index (χ3v) is 8.35. The van der Waals surface area contributed by atoms with Crippen molar-refractivity contribution >= 4 is 79.0 Å². The van der Waals surface area contributed by atoms with Gasteiger partial charge in [-0.25, -0.2) is 4.79 Å². The van der Waals surface area contributed by atoms with Crippen LogP contribution in [0.15, 0.2) is 0 Å². The van der Waals surface area contributed by atoms with Gasteiger partial charge in [0.1, 0.15) is 54.7 Å². The number of nitrogens with one attached hydrogen (secondary N) is 3. The van der Waals surface area contributed by atoms with Gasteiger partial charge in [0, 0.05) is 37.3 Å². The van der Waals surface area contributed by atoms with Crippen molar-refractivity contribution in [2.24, 2.45) is 11.5 Å². The first kappa shape index (κ1) is 62.3. The number of carboxylic acids is 4. The smallest absolute Gasteiger partial charge is 0.394 e. The van der Waals surface area contributed by atoms with E-state index in [0.717, 1.165) is 18.9 Å². The Balaban J connectivity index is -0.000000215. The van der Waals surface area contributed by atoms with Gasteiger partial charge in [-0.2, -0.15) is 25.3 Å². The summed E-state index contributed by atoms with van der Waals surface area (Å²) in [4.78, 5) is 73.2. The number of carbonyl (C=O) groups is 7. The van der Waals surface area contributed by atoms with Crippen LogP contribution in [0.3, 0.4) is 0 Å². The van der Waals surface area contributed by atoms with E-state index in [-0.39, 0.29) is 50.4 Å². The molecule has 1 fully saturated rings. The van der Waals surface area contributed by atoms with Crippen molar-refractivity contribution in [1.82, 2.24) is 16.0 Å². The lowest BCUT2D eigenvalue weighted by atomic mass is 10.1. The molecule has 56 heavy (non-hydrogen) atoms. The van der Waals surface area contributed by atoms with Crippen LogP contribution in [0, 0.1) is 0 Å². The minimum Gasteiger partial charge on any atom is -0.480 e. The Labute approximate surface area is 336 Å². The summed E-state index contributed by atoms with van der Waals surface area (Å²) in [7, 11) is 1.00. The number of aliphatic hydroxyl groups is 9. The lowest BCUT2D eigenvalue weighted by Crippen LogP contribution is -2.50. The predicted octanol–water partition coefficient (Wildman–Crippen LogP) is -8.20. The molecule has 2 amide bonds. The highest BCUT2D eigenvalue weighted by Crippen LogP contribution is 2.24. The van der Waals surface area contributed by atoms with Gasteiger partial charge < -0.3 is 93.3 Å². The normalized spacial score (nSPS) is 18.8. The Bertz CT molecular complexity index is 1140. The molecule has 0 aliphatic carbocycles. The third-order valence-electron chi connectivity index (χ3n) is 6.22. The molecule has 25 nitrogen and oxygen atoms in total. The van der Waals surface area contributed by atoms with Gasteiger partial charge in [-0.05, 0) is 6.42 Å². The zero-order valence-electron chi connectivity index (χ0n) is 29.2. The van der Waals surface area contributed by atoms with E-state index < -0.39 is 115 Å². The lowest BCUT2D eigenvalue weighted by Gasteiger charge is -2.25. The number of rotatable bonds is 19. The summed E-state index contributed by atoms with van der Waals surface area (Å²) < 4.78 is 0. The van der Waals surface area contributed by atoms with E-state index >= 15 is 0 Å². The molecule has 0 aromatic carbocycles. The first-order valence-electron chi connectivity index (χ1n) is 15.4. The van der Waals surface area contributed by atoms with Crippen molar-refractivity contribution in [1.29, 1.82) is 0 Å². The quantitative estimate of drug-likeness (QED) is 0.0325. The summed E-state index contributed by atoms with van der Waals surface area (Å²) in [6.45, 7) is -1.45. The fourth-order valence-corrected chi connectivity index (χ4v) is 4.64. The Hall–Kier alpha value is -2.94. The van der Waals surface area contributed by atoms with Gasteiger partial charge in [-0.1, -0.05) is 7.43 Å². The van der Waals surface area contributed by atoms with Crippen molar-refractivity contribution in [2.45, 2.75) is 86.4 Å². The van der Waals surface area contributed by atoms with Crippen LogP contribution in [0.5, 0.6) is 0 Å². The number of hydrogen-bond acceptors (Lipinski definition) is 22. The molecule has 1 heterocycles. The number of thioether (sulfide) groups is 1. The van der Waals surface area contributed by atoms with Crippen LogP contribution in [0.4, 0.5) is 0 Å². The van der Waals surface area contributed by atoms with Gasteiger partial charge in [-0.15, -0.1) is 11.8 Å². The SMILES string of the molecule is C.CO.NC(CCC(=O)NC(CS)CNC(=O)C(=O)O)C(=O)O.N[C@@H](CS)C(=O)O.O=C(O)[C@@H]1CS[C@H](C(O)C(O)C(O)CO)N1.O=CC(O)C(O)C(O)CO. The fraction of sp³-hybridized carbons (Fsp3) is 0.750. The molecule has 11 atom stereocenters. The van der Waals surface area contributed by atoms with E-state index in [2.05, 4.69) is 41.2 Å². The first-order chi connectivity index (χ1) is 25.6. The molecule has 332 valence electrons. The molecule has 0 radical (unpaired) electrons. The number of hydrogen-bond donors (Lipinski definition) is 20. The van der Waals surface area contributed by atoms with Crippen LogP contribution in [-0.4, -0.2) is 219 Å². The standard InChI is InChI=1S/C10H17N3O6S.C8H15NO6S.C5H10O5.C3H7NO2S.CH4O.CH4/c11-6(9(16)17)1-2-7(14)13-5(4-20)3-12-8(15)10(18)19;10-1-4(11)5(12)6(13)7-9-3(2-16-7)8(14)15;6-1-3(8)5(10)4(9)2-7;4-2(1-7)3(5)6;1-2;/h5-6,20H,1-4,11H2,(H,12,15)(H,13,14)(H,16,17)(H,18,19);3-7,9-13H,1-2H2,(H,14,15);1,3-5,7-10H,2H2;2,7H,1,4H2,(H,5,6);2H,1H3;1H4/t;3-,4?,5?,6?,7+;;2-;;/m.0.0../s1. The second kappa shape index (κ2) is 36.4. The molecule has 1 saturated heterocycles. The van der Waals surface area contributed by atoms with E-state index in [1.165, 1.54) is 0 Å². The van der Waals surface area contributed by atoms with Crippen LogP contribution in [-0.2, 0) is 33.6 Å². The number of amides is 2. The first-order valence-corrected chi connectivity index (χ1v) is 17.7. The van der Waals surface area contributed by atoms with E-state index in [9.17, 15) is 43.8 Å². The lowest BCUT2D eigenvalue weighted by molar-refractivity contribution is -0.150. The summed E-state index contributed by atoms with van der Waals surface area (Å²) >= 11 is 8.75. The minimum atomic E-state index is -1.64. The van der Waals surface area contributed by atoms with E-state index in [4.69, 9.17) is 67.6 Å². The van der Waals surface area contributed by atoms with Crippen LogP contribution < -0.4 is 27.4 Å². The molecule has 0 bridgehead atoms. The number of nitrogens with two attached hydrogens (primary N) is 2. The summed E-state index contributed by atoms with van der Waals surface area (Å²) in [5, 5.41) is 118. The highest BCUT2D eigenvalue weighted by Gasteiger charge is 2.38. The molecule has 1 aliphatic rings. The Morgan fingerprint density at radius 1 is 0.839 bits per heavy atom. The van der Waals surface area contributed by atoms with Crippen molar-refractivity contribution in [3.05, 3.63) is 0 Å². The van der Waals surface area contributed by atoms with Crippen LogP contribution in [0.2, 0.25) is 0 Å². The maximum absolute atomic E-state index is 11.5. The van der Waals surface area contributed by atoms with Crippen molar-refractivity contribution in [2.75, 3.05) is 44.1 Å². The van der Waals surface area contributed by atoms with Crippen LogP contribution >= 0.6 is 37.0 Å². The van der Waals surface area contributed by atoms with Crippen molar-refractivity contribution in [3.8, 4) is 0 Å². The predicted molar refractivity (Wildman–Crippen MR) is 203 cm³/mol. The number of carbonyl (C=O) groups excluding carboxylic acids is 3.